The summed E-state index contributed by atoms with van der Waals surface area (Å²) in [7, 11) is 0. The number of benzene rings is 2. The summed E-state index contributed by atoms with van der Waals surface area (Å²) in [5.41, 5.74) is 2.51. The van der Waals surface area contributed by atoms with Crippen LogP contribution in [-0.2, 0) is 11.2 Å². The molecule has 1 heterocycles. The molecule has 3 rings (SSSR count). The number of carbonyl (C=O) groups excluding carboxylic acids is 1. The maximum absolute atomic E-state index is 13.5. The third kappa shape index (κ3) is 3.64. The molecule has 1 aliphatic rings. The molecule has 25 heavy (non-hydrogen) atoms. The molecule has 2 unspecified atom stereocenters. The van der Waals surface area contributed by atoms with Gasteiger partial charge in [0.2, 0.25) is 0 Å². The fourth-order valence-electron chi connectivity index (χ4n) is 3.24. The number of ether oxygens (including phenoxy) is 1. The van der Waals surface area contributed by atoms with E-state index >= 15 is 0 Å². The van der Waals surface area contributed by atoms with Crippen LogP contribution in [-0.4, -0.2) is 18.1 Å². The maximum Gasteiger partial charge on any atom is 0.268 e. The van der Waals surface area contributed by atoms with Crippen molar-refractivity contribution in [2.75, 3.05) is 4.90 Å². The van der Waals surface area contributed by atoms with Gasteiger partial charge in [0.1, 0.15) is 11.6 Å². The minimum atomic E-state index is -0.654. The molecular weight excluding hydrogens is 341 g/mol. The number of hydrogen-bond donors (Lipinski definition) is 0. The summed E-state index contributed by atoms with van der Waals surface area (Å²) >= 11 is 5.96. The molecule has 0 saturated heterocycles. The number of fused-ring (bicyclic) bond motifs is 1. The first kappa shape index (κ1) is 17.7. The van der Waals surface area contributed by atoms with Gasteiger partial charge in [-0.05, 0) is 81.1 Å². The highest BCUT2D eigenvalue weighted by Crippen LogP contribution is 2.32. The third-order valence-electron chi connectivity index (χ3n) is 4.60. The minimum absolute atomic E-state index is 0.0443. The van der Waals surface area contributed by atoms with Crippen molar-refractivity contribution in [2.24, 2.45) is 0 Å². The highest BCUT2D eigenvalue weighted by Gasteiger charge is 2.32. The Balaban J connectivity index is 1.84. The average Bonchev–Trinajstić information content (AvgIpc) is 2.57. The van der Waals surface area contributed by atoms with Crippen LogP contribution in [0.15, 0.2) is 36.4 Å². The zero-order valence-corrected chi connectivity index (χ0v) is 15.3. The molecule has 1 amide bonds. The number of carbonyl (C=O) groups is 1. The second-order valence-corrected chi connectivity index (χ2v) is 6.98. The summed E-state index contributed by atoms with van der Waals surface area (Å²) in [4.78, 5) is 14.8. The fraction of sp³-hybridized carbons (Fsp3) is 0.350. The molecule has 2 aromatic carbocycles. The third-order valence-corrected chi connectivity index (χ3v) is 4.83. The van der Waals surface area contributed by atoms with Crippen LogP contribution in [0.4, 0.5) is 10.1 Å². The summed E-state index contributed by atoms with van der Waals surface area (Å²) in [5.74, 6) is 0.227. The van der Waals surface area contributed by atoms with E-state index in [4.69, 9.17) is 16.3 Å². The predicted molar refractivity (Wildman–Crippen MR) is 97.9 cm³/mol. The second-order valence-electron chi connectivity index (χ2n) is 6.54. The van der Waals surface area contributed by atoms with Gasteiger partial charge in [-0.25, -0.2) is 4.39 Å². The van der Waals surface area contributed by atoms with E-state index in [0.717, 1.165) is 29.7 Å². The molecule has 132 valence electrons. The first-order valence-corrected chi connectivity index (χ1v) is 8.79. The Morgan fingerprint density at radius 2 is 2.08 bits per heavy atom. The molecule has 0 radical (unpaired) electrons. The summed E-state index contributed by atoms with van der Waals surface area (Å²) in [6.45, 7) is 5.63. The number of aryl methyl sites for hydroxylation is 2. The second kappa shape index (κ2) is 7.04. The zero-order valence-electron chi connectivity index (χ0n) is 14.6. The molecule has 0 N–H and O–H groups in total. The average molecular weight is 362 g/mol. The number of anilines is 1. The Labute approximate surface area is 152 Å². The number of halogens is 2. The molecule has 3 nitrogen and oxygen atoms in total. The van der Waals surface area contributed by atoms with Crippen molar-refractivity contribution < 1.29 is 13.9 Å². The van der Waals surface area contributed by atoms with E-state index in [1.165, 1.54) is 12.1 Å². The minimum Gasteiger partial charge on any atom is -0.481 e. The topological polar surface area (TPSA) is 29.5 Å². The predicted octanol–water partition coefficient (Wildman–Crippen LogP) is 4.92. The lowest BCUT2D eigenvalue weighted by molar-refractivity contribution is -0.125. The molecule has 0 bridgehead atoms. The Morgan fingerprint density at radius 1 is 1.32 bits per heavy atom. The van der Waals surface area contributed by atoms with Crippen LogP contribution in [0.1, 0.15) is 31.4 Å². The van der Waals surface area contributed by atoms with Crippen LogP contribution in [0.5, 0.6) is 5.75 Å². The number of hydrogen-bond acceptors (Lipinski definition) is 2. The molecular formula is C20H21ClFNO2. The fourth-order valence-corrected chi connectivity index (χ4v) is 3.46. The van der Waals surface area contributed by atoms with Gasteiger partial charge in [-0.2, -0.15) is 0 Å². The zero-order chi connectivity index (χ0) is 18.1. The van der Waals surface area contributed by atoms with E-state index in [2.05, 4.69) is 0 Å². The number of amides is 1. The van der Waals surface area contributed by atoms with Gasteiger partial charge in [0.15, 0.2) is 6.10 Å². The standard InChI is InChI=1S/C20H21ClFNO2/c1-12-10-16(21)6-9-19(12)25-14(3)20(24)23-13(2)4-5-15-11-17(22)7-8-18(15)23/h6-11,13-14H,4-5H2,1-3H3. The van der Waals surface area contributed by atoms with Crippen LogP contribution in [0.2, 0.25) is 5.02 Å². The van der Waals surface area contributed by atoms with Gasteiger partial charge in [-0.15, -0.1) is 0 Å². The molecule has 2 aromatic rings. The molecule has 5 heteroatoms. The van der Waals surface area contributed by atoms with Crippen molar-refractivity contribution in [1.29, 1.82) is 0 Å². The quantitative estimate of drug-likeness (QED) is 0.776. The largest absolute Gasteiger partial charge is 0.481 e. The molecule has 0 aliphatic carbocycles. The van der Waals surface area contributed by atoms with Crippen molar-refractivity contribution in [1.82, 2.24) is 0 Å². The number of nitrogens with zero attached hydrogens (tertiary/aromatic N) is 1. The summed E-state index contributed by atoms with van der Waals surface area (Å²) in [5, 5.41) is 0.629. The van der Waals surface area contributed by atoms with Gasteiger partial charge < -0.3 is 9.64 Å². The molecule has 0 aromatic heterocycles. The first-order valence-electron chi connectivity index (χ1n) is 8.41. The normalized spacial score (nSPS) is 17.8. The monoisotopic (exact) mass is 361 g/mol. The molecule has 0 saturated carbocycles. The molecule has 0 fully saturated rings. The lowest BCUT2D eigenvalue weighted by atomic mass is 9.96. The van der Waals surface area contributed by atoms with E-state index in [0.29, 0.717) is 10.8 Å². The smallest absolute Gasteiger partial charge is 0.268 e. The van der Waals surface area contributed by atoms with Crippen molar-refractivity contribution in [3.05, 3.63) is 58.4 Å². The summed E-state index contributed by atoms with van der Waals surface area (Å²) in [6.07, 6.45) is 0.914. The summed E-state index contributed by atoms with van der Waals surface area (Å²) in [6, 6.07) is 9.94. The Bertz CT molecular complexity index is 808. The Kier molecular flexibility index (Phi) is 5.00. The highest BCUT2D eigenvalue weighted by atomic mass is 35.5. The van der Waals surface area contributed by atoms with Gasteiger partial charge in [0.25, 0.3) is 5.91 Å². The van der Waals surface area contributed by atoms with E-state index in [-0.39, 0.29) is 17.8 Å². The SMILES string of the molecule is Cc1cc(Cl)ccc1OC(C)C(=O)N1c2ccc(F)cc2CCC1C. The van der Waals surface area contributed by atoms with E-state index < -0.39 is 6.10 Å². The van der Waals surface area contributed by atoms with E-state index in [1.54, 1.807) is 36.1 Å². The Morgan fingerprint density at radius 3 is 2.80 bits per heavy atom. The van der Waals surface area contributed by atoms with Gasteiger partial charge in [0, 0.05) is 16.8 Å². The lowest BCUT2D eigenvalue weighted by Gasteiger charge is -2.36. The van der Waals surface area contributed by atoms with Crippen molar-refractivity contribution >= 4 is 23.2 Å². The maximum atomic E-state index is 13.5. The highest BCUT2D eigenvalue weighted by molar-refractivity contribution is 6.30. The van der Waals surface area contributed by atoms with Gasteiger partial charge in [-0.3, -0.25) is 4.79 Å². The number of rotatable bonds is 3. The van der Waals surface area contributed by atoms with Crippen molar-refractivity contribution in [3.63, 3.8) is 0 Å². The molecule has 1 aliphatic heterocycles. The van der Waals surface area contributed by atoms with Crippen molar-refractivity contribution in [2.45, 2.75) is 45.8 Å². The Hall–Kier alpha value is -2.07. The van der Waals surface area contributed by atoms with Crippen LogP contribution in [0, 0.1) is 12.7 Å². The van der Waals surface area contributed by atoms with Gasteiger partial charge in [0.05, 0.1) is 0 Å². The summed E-state index contributed by atoms with van der Waals surface area (Å²) < 4.78 is 19.4. The van der Waals surface area contributed by atoms with Gasteiger partial charge >= 0.3 is 0 Å². The van der Waals surface area contributed by atoms with E-state index in [9.17, 15) is 9.18 Å². The lowest BCUT2D eigenvalue weighted by Crippen LogP contribution is -2.48. The molecule has 0 spiro atoms. The first-order chi connectivity index (χ1) is 11.9. The van der Waals surface area contributed by atoms with E-state index in [1.807, 2.05) is 13.8 Å². The van der Waals surface area contributed by atoms with Crippen molar-refractivity contribution in [3.8, 4) is 5.75 Å². The van der Waals surface area contributed by atoms with Crippen LogP contribution in [0.3, 0.4) is 0 Å². The van der Waals surface area contributed by atoms with Crippen LogP contribution >= 0.6 is 11.6 Å². The van der Waals surface area contributed by atoms with Crippen LogP contribution < -0.4 is 9.64 Å². The van der Waals surface area contributed by atoms with Crippen LogP contribution in [0.25, 0.3) is 0 Å². The molecule has 2 atom stereocenters. The van der Waals surface area contributed by atoms with Gasteiger partial charge in [-0.1, -0.05) is 11.6 Å².